The molecule has 1 N–H and O–H groups in total. The van der Waals surface area contributed by atoms with Crippen LogP contribution in [-0.2, 0) is 0 Å². The summed E-state index contributed by atoms with van der Waals surface area (Å²) in [6, 6.07) is 23.1. The number of hydrogen-bond donors (Lipinski definition) is 1. The number of anilines is 2. The highest BCUT2D eigenvalue weighted by Gasteiger charge is 2.34. The highest BCUT2D eigenvalue weighted by Crippen LogP contribution is 2.35. The van der Waals surface area contributed by atoms with Crippen molar-refractivity contribution in [3.05, 3.63) is 89.7 Å². The second kappa shape index (κ2) is 5.81. The molecule has 0 bridgehead atoms. The summed E-state index contributed by atoms with van der Waals surface area (Å²) in [6.07, 6.45) is -0.338. The van der Waals surface area contributed by atoms with Crippen LogP contribution in [0.4, 0.5) is 11.4 Å². The number of pyridine rings is 1. The van der Waals surface area contributed by atoms with Gasteiger partial charge < -0.3 is 5.32 Å². The van der Waals surface area contributed by atoms with Gasteiger partial charge in [-0.3, -0.25) is 14.7 Å². The molecule has 4 heteroatoms. The maximum absolute atomic E-state index is 13.1. The van der Waals surface area contributed by atoms with E-state index in [0.717, 1.165) is 22.8 Å². The minimum absolute atomic E-state index is 0.0242. The number of fused-ring (bicyclic) bond motifs is 1. The average molecular weight is 315 g/mol. The van der Waals surface area contributed by atoms with E-state index in [2.05, 4.69) is 10.3 Å². The number of aromatic nitrogens is 1. The normalized spacial score (nSPS) is 16.5. The predicted octanol–water partition coefficient (Wildman–Crippen LogP) is 4.16. The molecule has 1 atom stereocenters. The first kappa shape index (κ1) is 14.5. The van der Waals surface area contributed by atoms with Crippen molar-refractivity contribution in [1.29, 1.82) is 0 Å². The first-order valence-electron chi connectivity index (χ1n) is 7.92. The summed E-state index contributed by atoms with van der Waals surface area (Å²) < 4.78 is 0. The van der Waals surface area contributed by atoms with E-state index < -0.39 is 0 Å². The lowest BCUT2D eigenvalue weighted by Crippen LogP contribution is -2.43. The van der Waals surface area contributed by atoms with E-state index in [0.29, 0.717) is 5.56 Å². The smallest absolute Gasteiger partial charge is 0.262 e. The monoisotopic (exact) mass is 315 g/mol. The number of carbonyl (C=O) groups is 1. The van der Waals surface area contributed by atoms with Gasteiger partial charge in [-0.15, -0.1) is 0 Å². The molecule has 0 saturated heterocycles. The Balaban J connectivity index is 1.87. The third-order valence-corrected chi connectivity index (χ3v) is 4.15. The Morgan fingerprint density at radius 1 is 0.917 bits per heavy atom. The fourth-order valence-corrected chi connectivity index (χ4v) is 3.03. The van der Waals surface area contributed by atoms with E-state index in [-0.39, 0.29) is 12.1 Å². The highest BCUT2D eigenvalue weighted by atomic mass is 16.2. The van der Waals surface area contributed by atoms with Gasteiger partial charge in [0.25, 0.3) is 5.91 Å². The third-order valence-electron chi connectivity index (χ3n) is 4.15. The number of nitrogens with zero attached hydrogens (tertiary/aromatic N) is 2. The van der Waals surface area contributed by atoms with Gasteiger partial charge in [-0.25, -0.2) is 0 Å². The van der Waals surface area contributed by atoms with Crippen LogP contribution in [0.15, 0.2) is 72.8 Å². The van der Waals surface area contributed by atoms with Crippen LogP contribution < -0.4 is 10.2 Å². The zero-order valence-corrected chi connectivity index (χ0v) is 13.3. The largest absolute Gasteiger partial charge is 0.359 e. The molecular weight excluding hydrogens is 298 g/mol. The zero-order chi connectivity index (χ0) is 16.5. The van der Waals surface area contributed by atoms with Gasteiger partial charge in [0.05, 0.1) is 11.3 Å². The third kappa shape index (κ3) is 2.42. The Labute approximate surface area is 140 Å². The van der Waals surface area contributed by atoms with Gasteiger partial charge in [-0.05, 0) is 43.3 Å². The number of amides is 1. The molecule has 0 fully saturated rings. The Bertz CT molecular complexity index is 892. The second-order valence-electron chi connectivity index (χ2n) is 5.81. The van der Waals surface area contributed by atoms with Gasteiger partial charge in [0, 0.05) is 17.1 Å². The molecule has 1 aromatic heterocycles. The molecule has 0 aliphatic carbocycles. The van der Waals surface area contributed by atoms with E-state index in [4.69, 9.17) is 0 Å². The number of hydrogen-bond acceptors (Lipinski definition) is 3. The first-order chi connectivity index (χ1) is 11.7. The highest BCUT2D eigenvalue weighted by molar-refractivity contribution is 6.12. The lowest BCUT2D eigenvalue weighted by Gasteiger charge is -2.37. The minimum atomic E-state index is -0.338. The first-order valence-corrected chi connectivity index (χ1v) is 7.92. The maximum Gasteiger partial charge on any atom is 0.262 e. The summed E-state index contributed by atoms with van der Waals surface area (Å²) in [4.78, 5) is 19.5. The molecule has 24 heavy (non-hydrogen) atoms. The SMILES string of the molecule is Cc1cccc([C@H]2Nc3ccccc3C(=O)N2c2ccccc2)n1. The molecule has 0 spiro atoms. The minimum Gasteiger partial charge on any atom is -0.359 e. The number of carbonyl (C=O) groups excluding carboxylic acids is 1. The molecular formula is C20H17N3O. The Kier molecular flexibility index (Phi) is 3.50. The molecule has 3 aromatic rings. The van der Waals surface area contributed by atoms with Crippen LogP contribution in [0.3, 0.4) is 0 Å². The van der Waals surface area contributed by atoms with Crippen molar-refractivity contribution < 1.29 is 4.79 Å². The summed E-state index contributed by atoms with van der Waals surface area (Å²) in [5.41, 5.74) is 4.10. The van der Waals surface area contributed by atoms with Crippen molar-refractivity contribution >= 4 is 17.3 Å². The molecule has 4 nitrogen and oxygen atoms in total. The van der Waals surface area contributed by atoms with E-state index in [9.17, 15) is 4.79 Å². The van der Waals surface area contributed by atoms with E-state index in [1.165, 1.54) is 0 Å². The van der Waals surface area contributed by atoms with E-state index in [1.54, 1.807) is 4.90 Å². The van der Waals surface area contributed by atoms with Crippen LogP contribution in [0.5, 0.6) is 0 Å². The van der Waals surface area contributed by atoms with Gasteiger partial charge >= 0.3 is 0 Å². The molecule has 4 rings (SSSR count). The van der Waals surface area contributed by atoms with Crippen LogP contribution in [-0.4, -0.2) is 10.9 Å². The van der Waals surface area contributed by atoms with Crippen LogP contribution >= 0.6 is 0 Å². The fourth-order valence-electron chi connectivity index (χ4n) is 3.03. The summed E-state index contributed by atoms with van der Waals surface area (Å²) in [6.45, 7) is 1.95. The quantitative estimate of drug-likeness (QED) is 0.772. The number of rotatable bonds is 2. The Hall–Kier alpha value is -3.14. The van der Waals surface area contributed by atoms with Gasteiger partial charge in [0.1, 0.15) is 0 Å². The molecule has 118 valence electrons. The molecule has 0 radical (unpaired) electrons. The number of nitrogens with one attached hydrogen (secondary N) is 1. The van der Waals surface area contributed by atoms with Gasteiger partial charge in [0.15, 0.2) is 6.17 Å². The van der Waals surface area contributed by atoms with Crippen LogP contribution in [0.25, 0.3) is 0 Å². The molecule has 0 saturated carbocycles. The molecule has 2 aromatic carbocycles. The van der Waals surface area contributed by atoms with E-state index in [1.807, 2.05) is 79.7 Å². The molecule has 1 aliphatic rings. The lowest BCUT2D eigenvalue weighted by atomic mass is 10.0. The zero-order valence-electron chi connectivity index (χ0n) is 13.3. The molecule has 0 unspecified atom stereocenters. The standard InChI is InChI=1S/C20H17N3O/c1-14-8-7-13-18(21-14)19-22-17-12-6-5-11-16(17)20(24)23(19)15-9-3-2-4-10-15/h2-13,19,22H,1H3/t19-/m0/s1. The summed E-state index contributed by atoms with van der Waals surface area (Å²) in [5.74, 6) is -0.0242. The van der Waals surface area contributed by atoms with Crippen LogP contribution in [0.2, 0.25) is 0 Å². The van der Waals surface area contributed by atoms with Crippen molar-refractivity contribution in [2.45, 2.75) is 13.1 Å². The number of benzene rings is 2. The van der Waals surface area contributed by atoms with Gasteiger partial charge in [-0.1, -0.05) is 36.4 Å². The van der Waals surface area contributed by atoms with Crippen molar-refractivity contribution in [3.8, 4) is 0 Å². The van der Waals surface area contributed by atoms with Gasteiger partial charge in [-0.2, -0.15) is 0 Å². The topological polar surface area (TPSA) is 45.2 Å². The Morgan fingerprint density at radius 3 is 2.46 bits per heavy atom. The van der Waals surface area contributed by atoms with Crippen molar-refractivity contribution in [2.75, 3.05) is 10.2 Å². The molecule has 1 amide bonds. The van der Waals surface area contributed by atoms with Gasteiger partial charge in [0.2, 0.25) is 0 Å². The number of aryl methyl sites for hydroxylation is 1. The average Bonchev–Trinajstić information content (AvgIpc) is 2.62. The fraction of sp³-hybridized carbons (Fsp3) is 0.100. The summed E-state index contributed by atoms with van der Waals surface area (Å²) >= 11 is 0. The Morgan fingerprint density at radius 2 is 1.67 bits per heavy atom. The van der Waals surface area contributed by atoms with Crippen LogP contribution in [0.1, 0.15) is 27.9 Å². The van der Waals surface area contributed by atoms with Crippen molar-refractivity contribution in [1.82, 2.24) is 4.98 Å². The molecule has 2 heterocycles. The van der Waals surface area contributed by atoms with Crippen molar-refractivity contribution in [3.63, 3.8) is 0 Å². The molecule has 1 aliphatic heterocycles. The second-order valence-corrected chi connectivity index (χ2v) is 5.81. The van der Waals surface area contributed by atoms with Crippen molar-refractivity contribution in [2.24, 2.45) is 0 Å². The van der Waals surface area contributed by atoms with Crippen LogP contribution in [0, 0.1) is 6.92 Å². The lowest BCUT2D eigenvalue weighted by molar-refractivity contribution is 0.0974. The predicted molar refractivity (Wildman–Crippen MR) is 95.0 cm³/mol. The van der Waals surface area contributed by atoms with E-state index >= 15 is 0 Å². The maximum atomic E-state index is 13.1. The number of para-hydroxylation sites is 2. The summed E-state index contributed by atoms with van der Waals surface area (Å²) in [7, 11) is 0. The summed E-state index contributed by atoms with van der Waals surface area (Å²) in [5, 5.41) is 3.46.